The van der Waals surface area contributed by atoms with E-state index in [9.17, 15) is 0 Å². The van der Waals surface area contributed by atoms with Crippen LogP contribution in [-0.4, -0.2) is 27.6 Å². The molecule has 1 rings (SSSR count). The highest BCUT2D eigenvalue weighted by molar-refractivity contribution is 14.1. The Morgan fingerprint density at radius 3 is 2.20 bits per heavy atom. The van der Waals surface area contributed by atoms with Crippen molar-refractivity contribution >= 4 is 31.4 Å². The van der Waals surface area contributed by atoms with Gasteiger partial charge < -0.3 is 13.3 Å². The lowest BCUT2D eigenvalue weighted by atomic mass is 10.2. The summed E-state index contributed by atoms with van der Waals surface area (Å²) in [7, 11) is 0.796. The maximum absolute atomic E-state index is 5.61. The Hall–Kier alpha value is 0.0469. The van der Waals surface area contributed by atoms with E-state index in [0.717, 1.165) is 0 Å². The summed E-state index contributed by atoms with van der Waals surface area (Å²) in [5.41, 5.74) is 1.18. The average Bonchev–Trinajstić information content (AvgIpc) is 2.30. The first-order valence-electron chi connectivity index (χ1n) is 4.60. The predicted molar refractivity (Wildman–Crippen MR) is 69.9 cm³/mol. The SMILES string of the molecule is CO[Si](Cc1ccccc1)(OC)OCI. The summed E-state index contributed by atoms with van der Waals surface area (Å²) in [6.45, 7) is 0. The fourth-order valence-electron chi connectivity index (χ4n) is 1.33. The lowest BCUT2D eigenvalue weighted by Crippen LogP contribution is -2.46. The van der Waals surface area contributed by atoms with E-state index in [1.165, 1.54) is 5.56 Å². The van der Waals surface area contributed by atoms with Crippen LogP contribution in [0, 0.1) is 0 Å². The van der Waals surface area contributed by atoms with Gasteiger partial charge in [-0.2, -0.15) is 0 Å². The minimum atomic E-state index is -2.49. The van der Waals surface area contributed by atoms with Crippen molar-refractivity contribution in [2.45, 2.75) is 6.04 Å². The van der Waals surface area contributed by atoms with Crippen LogP contribution < -0.4 is 0 Å². The molecular weight excluding hydrogens is 323 g/mol. The molecule has 0 radical (unpaired) electrons. The highest BCUT2D eigenvalue weighted by Crippen LogP contribution is 2.15. The Morgan fingerprint density at radius 2 is 1.73 bits per heavy atom. The zero-order valence-electron chi connectivity index (χ0n) is 8.90. The third-order valence-corrected chi connectivity index (χ3v) is 5.73. The highest BCUT2D eigenvalue weighted by Gasteiger charge is 2.38. The minimum absolute atomic E-state index is 0.582. The smallest absolute Gasteiger partial charge is 0.377 e. The second kappa shape index (κ2) is 6.59. The first-order valence-corrected chi connectivity index (χ1v) is 8.06. The highest BCUT2D eigenvalue weighted by atomic mass is 127. The van der Waals surface area contributed by atoms with Crippen molar-refractivity contribution in [2.24, 2.45) is 0 Å². The molecule has 5 heteroatoms. The monoisotopic (exact) mass is 338 g/mol. The summed E-state index contributed by atoms with van der Waals surface area (Å²) in [5.74, 6) is 0. The number of alkyl halides is 1. The van der Waals surface area contributed by atoms with Gasteiger partial charge >= 0.3 is 8.80 Å². The maximum Gasteiger partial charge on any atom is 0.505 e. The van der Waals surface area contributed by atoms with Crippen molar-refractivity contribution in [1.82, 2.24) is 0 Å². The van der Waals surface area contributed by atoms with Crippen LogP contribution in [0.25, 0.3) is 0 Å². The fourth-order valence-corrected chi connectivity index (χ4v) is 4.44. The number of halogens is 1. The van der Waals surface area contributed by atoms with Gasteiger partial charge in [-0.05, 0) is 5.56 Å². The van der Waals surface area contributed by atoms with Crippen molar-refractivity contribution in [1.29, 1.82) is 0 Å². The topological polar surface area (TPSA) is 27.7 Å². The van der Waals surface area contributed by atoms with Crippen LogP contribution in [0.5, 0.6) is 0 Å². The largest absolute Gasteiger partial charge is 0.505 e. The van der Waals surface area contributed by atoms with Crippen molar-refractivity contribution in [3.63, 3.8) is 0 Å². The number of hydrogen-bond donors (Lipinski definition) is 0. The van der Waals surface area contributed by atoms with Gasteiger partial charge in [0.15, 0.2) is 0 Å². The van der Waals surface area contributed by atoms with Crippen LogP contribution in [0.2, 0.25) is 0 Å². The maximum atomic E-state index is 5.61. The van der Waals surface area contributed by atoms with E-state index >= 15 is 0 Å². The summed E-state index contributed by atoms with van der Waals surface area (Å²) in [6, 6.07) is 10.8. The number of hydrogen-bond acceptors (Lipinski definition) is 3. The van der Waals surface area contributed by atoms with Gasteiger partial charge in [-0.15, -0.1) is 0 Å². The van der Waals surface area contributed by atoms with Crippen LogP contribution >= 0.6 is 22.6 Å². The van der Waals surface area contributed by atoms with Crippen molar-refractivity contribution < 1.29 is 13.3 Å². The summed E-state index contributed by atoms with van der Waals surface area (Å²) < 4.78 is 17.0. The van der Waals surface area contributed by atoms with Crippen LogP contribution in [-0.2, 0) is 19.3 Å². The van der Waals surface area contributed by atoms with Gasteiger partial charge in [-0.1, -0.05) is 52.9 Å². The quantitative estimate of drug-likeness (QED) is 0.453. The summed E-state index contributed by atoms with van der Waals surface area (Å²) in [4.78, 5) is 0. The summed E-state index contributed by atoms with van der Waals surface area (Å²) >= 11 is 2.15. The molecule has 0 saturated carbocycles. The van der Waals surface area contributed by atoms with Crippen LogP contribution in [0.15, 0.2) is 30.3 Å². The van der Waals surface area contributed by atoms with E-state index in [0.29, 0.717) is 10.7 Å². The molecule has 0 aliphatic carbocycles. The molecule has 0 amide bonds. The normalized spacial score (nSPS) is 11.7. The zero-order valence-corrected chi connectivity index (χ0v) is 12.1. The molecule has 0 bridgehead atoms. The lowest BCUT2D eigenvalue weighted by molar-refractivity contribution is 0.120. The third-order valence-electron chi connectivity index (χ3n) is 2.16. The number of rotatable bonds is 6. The van der Waals surface area contributed by atoms with Gasteiger partial charge in [0.25, 0.3) is 0 Å². The molecule has 0 fully saturated rings. The Bertz CT molecular complexity index is 277. The zero-order chi connectivity index (χ0) is 11.1. The Morgan fingerprint density at radius 1 is 1.13 bits per heavy atom. The van der Waals surface area contributed by atoms with E-state index in [2.05, 4.69) is 34.7 Å². The third kappa shape index (κ3) is 3.84. The molecule has 0 spiro atoms. The van der Waals surface area contributed by atoms with E-state index in [4.69, 9.17) is 13.3 Å². The second-order valence-electron chi connectivity index (χ2n) is 3.01. The summed E-state index contributed by atoms with van der Waals surface area (Å²) in [6.07, 6.45) is 0. The van der Waals surface area contributed by atoms with Crippen molar-refractivity contribution in [3.8, 4) is 0 Å². The van der Waals surface area contributed by atoms with E-state index in [1.807, 2.05) is 18.2 Å². The molecule has 15 heavy (non-hydrogen) atoms. The van der Waals surface area contributed by atoms with Gasteiger partial charge in [0.2, 0.25) is 0 Å². The molecule has 0 aliphatic rings. The Labute approximate surface area is 105 Å². The molecule has 3 nitrogen and oxygen atoms in total. The molecule has 0 atom stereocenters. The first-order chi connectivity index (χ1) is 7.26. The van der Waals surface area contributed by atoms with Gasteiger partial charge in [0, 0.05) is 20.3 Å². The number of benzene rings is 1. The fraction of sp³-hybridized carbons (Fsp3) is 0.400. The molecule has 1 aromatic rings. The molecule has 0 N–H and O–H groups in total. The molecule has 0 aromatic heterocycles. The Kier molecular flexibility index (Phi) is 5.76. The van der Waals surface area contributed by atoms with Crippen molar-refractivity contribution in [3.05, 3.63) is 35.9 Å². The molecule has 1 aromatic carbocycles. The van der Waals surface area contributed by atoms with Crippen molar-refractivity contribution in [2.75, 3.05) is 18.8 Å². The molecule has 0 aliphatic heterocycles. The van der Waals surface area contributed by atoms with Gasteiger partial charge in [-0.3, -0.25) is 0 Å². The van der Waals surface area contributed by atoms with Crippen LogP contribution in [0.3, 0.4) is 0 Å². The van der Waals surface area contributed by atoms with E-state index < -0.39 is 8.80 Å². The van der Waals surface area contributed by atoms with Gasteiger partial charge in [0.1, 0.15) is 0 Å². The molecular formula is C10H15IO3Si. The molecule has 0 saturated heterocycles. The first kappa shape index (κ1) is 13.1. The predicted octanol–water partition coefficient (Wildman–Crippen LogP) is 2.41. The standard InChI is InChI=1S/C10H15IO3Si/c1-12-15(13-2,14-9-11)8-10-6-4-3-5-7-10/h3-7H,8-9H2,1-2H3. The molecule has 0 heterocycles. The molecule has 84 valence electrons. The van der Waals surface area contributed by atoms with Gasteiger partial charge in [0.05, 0.1) is 4.61 Å². The van der Waals surface area contributed by atoms with Gasteiger partial charge in [-0.25, -0.2) is 0 Å². The second-order valence-corrected chi connectivity index (χ2v) is 6.45. The minimum Gasteiger partial charge on any atom is -0.377 e. The average molecular weight is 338 g/mol. The van der Waals surface area contributed by atoms with E-state index in [-0.39, 0.29) is 0 Å². The molecule has 0 unspecified atom stereocenters. The van der Waals surface area contributed by atoms with E-state index in [1.54, 1.807) is 14.2 Å². The van der Waals surface area contributed by atoms with Crippen LogP contribution in [0.1, 0.15) is 5.56 Å². The Balaban J connectivity index is 2.74. The summed E-state index contributed by atoms with van der Waals surface area (Å²) in [5, 5.41) is 0. The lowest BCUT2D eigenvalue weighted by Gasteiger charge is -2.25. The van der Waals surface area contributed by atoms with Crippen LogP contribution in [0.4, 0.5) is 0 Å².